The maximum absolute atomic E-state index is 11.8. The van der Waals surface area contributed by atoms with Crippen LogP contribution in [0.25, 0.3) is 11.1 Å². The summed E-state index contributed by atoms with van der Waals surface area (Å²) in [6.45, 7) is 0.702. The number of aromatic nitrogens is 1. The number of amides is 1. The van der Waals surface area contributed by atoms with Crippen molar-refractivity contribution in [2.45, 2.75) is 0 Å². The van der Waals surface area contributed by atoms with Gasteiger partial charge in [-0.15, -0.1) is 0 Å². The number of hydrogen-bond donors (Lipinski definition) is 4. The molecule has 7 N–H and O–H groups in total. The number of rotatable bonds is 4. The molecule has 0 unspecified atom stereocenters. The van der Waals surface area contributed by atoms with Crippen molar-refractivity contribution >= 4 is 46.5 Å². The Kier molecular flexibility index (Phi) is 8.24. The molecule has 0 aliphatic rings. The molecule has 0 saturated heterocycles. The van der Waals surface area contributed by atoms with Crippen LogP contribution >= 0.6 is 34.8 Å². The van der Waals surface area contributed by atoms with Gasteiger partial charge in [-0.1, -0.05) is 34.8 Å². The normalized spacial score (nSPS) is 9.92. The number of nitrogens with one attached hydrogen (secondary N) is 1. The Morgan fingerprint density at radius 1 is 1.17 bits per heavy atom. The van der Waals surface area contributed by atoms with Gasteiger partial charge in [-0.2, -0.15) is 0 Å². The summed E-state index contributed by atoms with van der Waals surface area (Å²) in [6, 6.07) is 6.36. The van der Waals surface area contributed by atoms with Gasteiger partial charge in [0.15, 0.2) is 0 Å². The lowest BCUT2D eigenvalue weighted by atomic mass is 10.1. The summed E-state index contributed by atoms with van der Waals surface area (Å²) in [7, 11) is 1.50. The number of benzene rings is 1. The molecule has 1 amide bonds. The molecule has 130 valence electrons. The SMILES string of the molecule is CN.NCCNC(=O)c1ccc(-c2cc(Cl)cc(Cl)c2Cl)c(N)n1. The second-order valence-electron chi connectivity index (χ2n) is 4.42. The van der Waals surface area contributed by atoms with Crippen LogP contribution in [0.5, 0.6) is 0 Å². The molecule has 2 aromatic rings. The number of nitrogens with zero attached hydrogens (tertiary/aromatic N) is 1. The molecule has 0 fully saturated rings. The van der Waals surface area contributed by atoms with E-state index in [2.05, 4.69) is 16.0 Å². The van der Waals surface area contributed by atoms with Crippen LogP contribution in [0, 0.1) is 0 Å². The maximum atomic E-state index is 11.8. The molecule has 0 bridgehead atoms. The van der Waals surface area contributed by atoms with Crippen molar-refractivity contribution in [3.63, 3.8) is 0 Å². The Labute approximate surface area is 155 Å². The fraction of sp³-hybridized carbons (Fsp3) is 0.200. The highest BCUT2D eigenvalue weighted by atomic mass is 35.5. The Bertz CT molecular complexity index is 724. The van der Waals surface area contributed by atoms with Gasteiger partial charge in [-0.3, -0.25) is 4.79 Å². The molecule has 0 radical (unpaired) electrons. The zero-order chi connectivity index (χ0) is 18.3. The number of carbonyl (C=O) groups excluding carboxylic acids is 1. The van der Waals surface area contributed by atoms with Gasteiger partial charge in [-0.25, -0.2) is 4.98 Å². The molecule has 0 atom stereocenters. The number of anilines is 1. The molecule has 0 saturated carbocycles. The first-order chi connectivity index (χ1) is 11.4. The van der Waals surface area contributed by atoms with Gasteiger partial charge in [-0.05, 0) is 31.3 Å². The minimum absolute atomic E-state index is 0.153. The van der Waals surface area contributed by atoms with Gasteiger partial charge < -0.3 is 22.5 Å². The number of nitrogens with two attached hydrogens (primary N) is 3. The fourth-order valence-corrected chi connectivity index (χ4v) is 2.56. The largest absolute Gasteiger partial charge is 0.383 e. The first-order valence-electron chi connectivity index (χ1n) is 6.91. The summed E-state index contributed by atoms with van der Waals surface area (Å²) in [5.74, 6) is -0.195. The summed E-state index contributed by atoms with van der Waals surface area (Å²) in [5.41, 5.74) is 17.1. The second-order valence-corrected chi connectivity index (χ2v) is 5.64. The van der Waals surface area contributed by atoms with Crippen LogP contribution in [0.2, 0.25) is 15.1 Å². The third-order valence-corrected chi connectivity index (χ3v) is 3.89. The van der Waals surface area contributed by atoms with E-state index in [1.54, 1.807) is 18.2 Å². The van der Waals surface area contributed by atoms with E-state index in [1.165, 1.54) is 13.1 Å². The Balaban J connectivity index is 0.00000139. The van der Waals surface area contributed by atoms with Gasteiger partial charge in [0.2, 0.25) is 0 Å². The van der Waals surface area contributed by atoms with Crippen molar-refractivity contribution in [2.24, 2.45) is 11.5 Å². The van der Waals surface area contributed by atoms with E-state index in [1.807, 2.05) is 0 Å². The average Bonchev–Trinajstić information content (AvgIpc) is 2.58. The van der Waals surface area contributed by atoms with Crippen LogP contribution in [0.15, 0.2) is 24.3 Å². The second kappa shape index (κ2) is 9.66. The summed E-state index contributed by atoms with van der Waals surface area (Å²) < 4.78 is 0. The van der Waals surface area contributed by atoms with Crippen molar-refractivity contribution in [1.82, 2.24) is 10.3 Å². The van der Waals surface area contributed by atoms with Crippen LogP contribution in [0.3, 0.4) is 0 Å². The molecule has 9 heteroatoms. The predicted molar refractivity (Wildman–Crippen MR) is 101 cm³/mol. The highest BCUT2D eigenvalue weighted by Crippen LogP contribution is 2.38. The number of halogens is 3. The Hall–Kier alpha value is -1.57. The van der Waals surface area contributed by atoms with Crippen LogP contribution in [0.1, 0.15) is 10.5 Å². The van der Waals surface area contributed by atoms with E-state index in [9.17, 15) is 4.79 Å². The molecule has 0 spiro atoms. The van der Waals surface area contributed by atoms with Gasteiger partial charge in [0, 0.05) is 29.2 Å². The van der Waals surface area contributed by atoms with E-state index in [4.69, 9.17) is 46.3 Å². The third kappa shape index (κ3) is 4.96. The quantitative estimate of drug-likeness (QED) is 0.598. The molecule has 24 heavy (non-hydrogen) atoms. The number of carbonyl (C=O) groups is 1. The topological polar surface area (TPSA) is 120 Å². The molecule has 0 aliphatic carbocycles. The molecular weight excluding hydrogens is 373 g/mol. The lowest BCUT2D eigenvalue weighted by Crippen LogP contribution is -2.29. The number of pyridine rings is 1. The first kappa shape index (κ1) is 20.5. The molecule has 0 aliphatic heterocycles. The first-order valence-corrected chi connectivity index (χ1v) is 8.05. The highest BCUT2D eigenvalue weighted by molar-refractivity contribution is 6.45. The molecule has 1 aromatic heterocycles. The van der Waals surface area contributed by atoms with Crippen LogP contribution in [0.4, 0.5) is 5.82 Å². The summed E-state index contributed by atoms with van der Waals surface area (Å²) >= 11 is 18.2. The van der Waals surface area contributed by atoms with E-state index in [0.717, 1.165) is 0 Å². The van der Waals surface area contributed by atoms with Gasteiger partial charge in [0.1, 0.15) is 11.5 Å². The zero-order valence-corrected chi connectivity index (χ0v) is 15.2. The average molecular weight is 391 g/mol. The third-order valence-electron chi connectivity index (χ3n) is 2.87. The van der Waals surface area contributed by atoms with Crippen molar-refractivity contribution in [3.8, 4) is 11.1 Å². The van der Waals surface area contributed by atoms with E-state index >= 15 is 0 Å². The van der Waals surface area contributed by atoms with Crippen molar-refractivity contribution in [1.29, 1.82) is 0 Å². The highest BCUT2D eigenvalue weighted by Gasteiger charge is 2.15. The molecular formula is C15H18Cl3N5O. The summed E-state index contributed by atoms with van der Waals surface area (Å²) in [6.07, 6.45) is 0. The van der Waals surface area contributed by atoms with Crippen LogP contribution < -0.4 is 22.5 Å². The summed E-state index contributed by atoms with van der Waals surface area (Å²) in [5, 5.41) is 3.67. The minimum Gasteiger partial charge on any atom is -0.383 e. The predicted octanol–water partition coefficient (Wildman–Crippen LogP) is 2.55. The van der Waals surface area contributed by atoms with Crippen LogP contribution in [-0.2, 0) is 0 Å². The molecule has 6 nitrogen and oxygen atoms in total. The monoisotopic (exact) mass is 389 g/mol. The Morgan fingerprint density at radius 2 is 1.83 bits per heavy atom. The van der Waals surface area contributed by atoms with E-state index in [-0.39, 0.29) is 17.4 Å². The molecule has 1 heterocycles. The minimum atomic E-state index is -0.348. The fourth-order valence-electron chi connectivity index (χ4n) is 1.86. The van der Waals surface area contributed by atoms with Crippen molar-refractivity contribution < 1.29 is 4.79 Å². The van der Waals surface area contributed by atoms with E-state index < -0.39 is 0 Å². The van der Waals surface area contributed by atoms with Crippen molar-refractivity contribution in [3.05, 3.63) is 45.0 Å². The van der Waals surface area contributed by atoms with Gasteiger partial charge in [0.25, 0.3) is 5.91 Å². The maximum Gasteiger partial charge on any atom is 0.270 e. The Morgan fingerprint density at radius 3 is 2.42 bits per heavy atom. The zero-order valence-electron chi connectivity index (χ0n) is 12.9. The summed E-state index contributed by atoms with van der Waals surface area (Å²) in [4.78, 5) is 15.9. The van der Waals surface area contributed by atoms with Crippen molar-refractivity contribution in [2.75, 3.05) is 25.9 Å². The lowest BCUT2D eigenvalue weighted by molar-refractivity contribution is 0.0950. The van der Waals surface area contributed by atoms with Gasteiger partial charge >= 0.3 is 0 Å². The standard InChI is InChI=1S/C14H13Cl3N4O.CH5N/c15-7-5-9(12(17)10(16)6-7)8-1-2-11(21-13(8)19)14(22)20-4-3-18;1-2/h1-2,5-6H,3-4,18H2,(H2,19,21)(H,20,22);2H2,1H3. The molecule has 1 aromatic carbocycles. The van der Waals surface area contributed by atoms with Gasteiger partial charge in [0.05, 0.1) is 10.0 Å². The smallest absolute Gasteiger partial charge is 0.270 e. The number of hydrogen-bond acceptors (Lipinski definition) is 5. The van der Waals surface area contributed by atoms with E-state index in [0.29, 0.717) is 39.3 Å². The number of nitrogen functional groups attached to an aromatic ring is 1. The molecule has 2 rings (SSSR count). The van der Waals surface area contributed by atoms with Crippen LogP contribution in [-0.4, -0.2) is 31.0 Å². The lowest BCUT2D eigenvalue weighted by Gasteiger charge is -2.11.